The highest BCUT2D eigenvalue weighted by molar-refractivity contribution is 6.05. The summed E-state index contributed by atoms with van der Waals surface area (Å²) in [7, 11) is 0. The maximum atomic E-state index is 13.6. The molecule has 0 saturated carbocycles. The number of hydrogen-bond acceptors (Lipinski definition) is 1. The van der Waals surface area contributed by atoms with Crippen LogP contribution in [-0.4, -0.2) is 16.7 Å². The number of rotatable bonds is 3. The first-order valence-corrected chi connectivity index (χ1v) is 7.99. The van der Waals surface area contributed by atoms with Crippen molar-refractivity contribution in [1.29, 1.82) is 0 Å². The number of benzene rings is 1. The summed E-state index contributed by atoms with van der Waals surface area (Å²) in [5, 5.41) is 1.10. The largest absolute Gasteiger partial charge is 0.361 e. The van der Waals surface area contributed by atoms with Crippen LogP contribution in [0.4, 0.5) is 4.39 Å². The van der Waals surface area contributed by atoms with Crippen molar-refractivity contribution in [2.24, 2.45) is 4.99 Å². The average Bonchev–Trinajstić information content (AvgIpc) is 2.88. The Bertz CT molecular complexity index is 669. The Hall–Kier alpha value is -1.64. The van der Waals surface area contributed by atoms with Gasteiger partial charge in [0.15, 0.2) is 0 Å². The Labute approximate surface area is 125 Å². The van der Waals surface area contributed by atoms with E-state index in [1.165, 1.54) is 16.8 Å². The SMILES string of the molecule is CCC(C)N=C1CCCCc2c1cc1cc[nH]c1c2CF. The zero-order valence-corrected chi connectivity index (χ0v) is 12.9. The van der Waals surface area contributed by atoms with Crippen molar-refractivity contribution in [2.75, 3.05) is 0 Å². The molecule has 3 heteroatoms. The van der Waals surface area contributed by atoms with Gasteiger partial charge in [-0.1, -0.05) is 6.92 Å². The van der Waals surface area contributed by atoms with Crippen molar-refractivity contribution in [3.05, 3.63) is 35.0 Å². The number of halogens is 1. The van der Waals surface area contributed by atoms with Gasteiger partial charge in [-0.05, 0) is 62.3 Å². The molecule has 1 aliphatic carbocycles. The van der Waals surface area contributed by atoms with E-state index in [2.05, 4.69) is 24.9 Å². The molecule has 0 radical (unpaired) electrons. The number of hydrogen-bond donors (Lipinski definition) is 1. The zero-order valence-electron chi connectivity index (χ0n) is 12.9. The number of fused-ring (bicyclic) bond motifs is 2. The van der Waals surface area contributed by atoms with E-state index >= 15 is 0 Å². The summed E-state index contributed by atoms with van der Waals surface area (Å²) in [5.74, 6) is 0. The number of aliphatic imine (C=N–C) groups is 1. The molecule has 1 N–H and O–H groups in total. The highest BCUT2D eigenvalue weighted by Crippen LogP contribution is 2.31. The fourth-order valence-corrected chi connectivity index (χ4v) is 3.23. The van der Waals surface area contributed by atoms with Crippen molar-refractivity contribution in [1.82, 2.24) is 4.98 Å². The molecule has 21 heavy (non-hydrogen) atoms. The predicted molar refractivity (Wildman–Crippen MR) is 87.0 cm³/mol. The highest BCUT2D eigenvalue weighted by atomic mass is 19.1. The molecule has 1 aromatic carbocycles. The Morgan fingerprint density at radius 3 is 2.90 bits per heavy atom. The van der Waals surface area contributed by atoms with Crippen LogP contribution in [-0.2, 0) is 13.1 Å². The molecule has 1 unspecified atom stereocenters. The van der Waals surface area contributed by atoms with E-state index in [0.29, 0.717) is 6.04 Å². The van der Waals surface area contributed by atoms with Crippen LogP contribution in [0.3, 0.4) is 0 Å². The summed E-state index contributed by atoms with van der Waals surface area (Å²) in [6.07, 6.45) is 7.17. The lowest BCUT2D eigenvalue weighted by atomic mass is 9.94. The minimum absolute atomic E-state index is 0.335. The third-order valence-corrected chi connectivity index (χ3v) is 4.57. The van der Waals surface area contributed by atoms with Gasteiger partial charge in [0, 0.05) is 28.9 Å². The zero-order chi connectivity index (χ0) is 14.8. The molecule has 3 rings (SSSR count). The maximum Gasteiger partial charge on any atom is 0.117 e. The first kappa shape index (κ1) is 14.3. The van der Waals surface area contributed by atoms with Crippen molar-refractivity contribution >= 4 is 16.6 Å². The fourth-order valence-electron chi connectivity index (χ4n) is 3.23. The van der Waals surface area contributed by atoms with Crippen LogP contribution in [0.25, 0.3) is 10.9 Å². The minimum atomic E-state index is -0.406. The topological polar surface area (TPSA) is 28.1 Å². The molecule has 0 spiro atoms. The molecule has 2 aromatic rings. The standard InChI is InChI=1S/C18H23FN2/c1-3-12(2)21-17-7-5-4-6-14-15(17)10-13-8-9-20-18(13)16(14)11-19/h8-10,12,20H,3-7,11H2,1-2H3. The Morgan fingerprint density at radius 1 is 1.33 bits per heavy atom. The molecule has 2 nitrogen and oxygen atoms in total. The third-order valence-electron chi connectivity index (χ3n) is 4.57. The monoisotopic (exact) mass is 286 g/mol. The summed E-state index contributed by atoms with van der Waals surface area (Å²) in [4.78, 5) is 8.10. The second-order valence-electron chi connectivity index (χ2n) is 6.00. The summed E-state index contributed by atoms with van der Waals surface area (Å²) in [6.45, 7) is 3.91. The number of aromatic amines is 1. The maximum absolute atomic E-state index is 13.6. The van der Waals surface area contributed by atoms with Gasteiger partial charge >= 0.3 is 0 Å². The molecule has 0 saturated heterocycles. The quantitative estimate of drug-likeness (QED) is 0.773. The predicted octanol–water partition coefficient (Wildman–Crippen LogP) is 4.95. The van der Waals surface area contributed by atoms with Crippen LogP contribution in [0.5, 0.6) is 0 Å². The van der Waals surface area contributed by atoms with E-state index in [-0.39, 0.29) is 0 Å². The van der Waals surface area contributed by atoms with E-state index < -0.39 is 6.67 Å². The van der Waals surface area contributed by atoms with Crippen molar-refractivity contribution in [3.8, 4) is 0 Å². The van der Waals surface area contributed by atoms with Gasteiger partial charge in [-0.2, -0.15) is 0 Å². The van der Waals surface area contributed by atoms with Gasteiger partial charge in [-0.15, -0.1) is 0 Å². The first-order chi connectivity index (χ1) is 10.2. The second kappa shape index (κ2) is 6.00. The van der Waals surface area contributed by atoms with E-state index in [0.717, 1.165) is 48.6 Å². The lowest BCUT2D eigenvalue weighted by molar-refractivity contribution is 0.484. The van der Waals surface area contributed by atoms with Crippen LogP contribution in [0.1, 0.15) is 56.2 Å². The fraction of sp³-hybridized carbons (Fsp3) is 0.500. The van der Waals surface area contributed by atoms with E-state index in [4.69, 9.17) is 4.99 Å². The second-order valence-corrected chi connectivity index (χ2v) is 6.00. The van der Waals surface area contributed by atoms with Gasteiger partial charge in [-0.3, -0.25) is 4.99 Å². The Morgan fingerprint density at radius 2 is 2.14 bits per heavy atom. The molecule has 1 atom stereocenters. The number of alkyl halides is 1. The molecular weight excluding hydrogens is 263 g/mol. The van der Waals surface area contributed by atoms with Gasteiger partial charge in [0.05, 0.1) is 5.52 Å². The molecule has 112 valence electrons. The van der Waals surface area contributed by atoms with Gasteiger partial charge in [0.2, 0.25) is 0 Å². The highest BCUT2D eigenvalue weighted by Gasteiger charge is 2.20. The molecule has 1 aliphatic rings. The van der Waals surface area contributed by atoms with Crippen LogP contribution in [0, 0.1) is 0 Å². The molecule has 1 aromatic heterocycles. The summed E-state index contributed by atoms with van der Waals surface area (Å²) < 4.78 is 13.6. The molecular formula is C18H23FN2. The van der Waals surface area contributed by atoms with E-state index in [9.17, 15) is 4.39 Å². The van der Waals surface area contributed by atoms with Crippen LogP contribution < -0.4 is 0 Å². The first-order valence-electron chi connectivity index (χ1n) is 7.99. The lowest BCUT2D eigenvalue weighted by Crippen LogP contribution is -2.09. The number of aromatic nitrogens is 1. The van der Waals surface area contributed by atoms with Gasteiger partial charge in [0.25, 0.3) is 0 Å². The number of nitrogens with zero attached hydrogens (tertiary/aromatic N) is 1. The summed E-state index contributed by atoms with van der Waals surface area (Å²) >= 11 is 0. The molecule has 0 aliphatic heterocycles. The van der Waals surface area contributed by atoms with Gasteiger partial charge in [0.1, 0.15) is 6.67 Å². The minimum Gasteiger partial charge on any atom is -0.361 e. The van der Waals surface area contributed by atoms with Crippen molar-refractivity contribution in [3.63, 3.8) is 0 Å². The Balaban J connectivity index is 2.22. The average molecular weight is 286 g/mol. The lowest BCUT2D eigenvalue weighted by Gasteiger charge is -2.15. The molecule has 0 fully saturated rings. The van der Waals surface area contributed by atoms with Gasteiger partial charge < -0.3 is 4.98 Å². The van der Waals surface area contributed by atoms with Crippen LogP contribution >= 0.6 is 0 Å². The molecule has 0 bridgehead atoms. The smallest absolute Gasteiger partial charge is 0.117 e. The molecule has 1 heterocycles. The van der Waals surface area contributed by atoms with Gasteiger partial charge in [-0.25, -0.2) is 4.39 Å². The summed E-state index contributed by atoms with van der Waals surface area (Å²) in [5.41, 5.74) is 5.33. The summed E-state index contributed by atoms with van der Waals surface area (Å²) in [6, 6.07) is 4.56. The normalized spacial score (nSPS) is 18.7. The van der Waals surface area contributed by atoms with Crippen LogP contribution in [0.15, 0.2) is 23.3 Å². The van der Waals surface area contributed by atoms with Crippen molar-refractivity contribution in [2.45, 2.75) is 58.7 Å². The third kappa shape index (κ3) is 2.61. The van der Waals surface area contributed by atoms with Crippen LogP contribution in [0.2, 0.25) is 0 Å². The number of H-pyrrole nitrogens is 1. The molecule has 0 amide bonds. The number of nitrogens with one attached hydrogen (secondary N) is 1. The van der Waals surface area contributed by atoms with Crippen molar-refractivity contribution < 1.29 is 4.39 Å². The van der Waals surface area contributed by atoms with E-state index in [1.807, 2.05) is 12.3 Å². The Kier molecular flexibility index (Phi) is 4.09. The van der Waals surface area contributed by atoms with E-state index in [1.54, 1.807) is 0 Å².